The first-order chi connectivity index (χ1) is 8.22. The first-order valence-corrected chi connectivity index (χ1v) is 5.87. The summed E-state index contributed by atoms with van der Waals surface area (Å²) < 4.78 is 0. The van der Waals surface area contributed by atoms with Gasteiger partial charge < -0.3 is 10.8 Å². The highest BCUT2D eigenvalue weighted by Crippen LogP contribution is 2.30. The van der Waals surface area contributed by atoms with Crippen molar-refractivity contribution in [2.75, 3.05) is 6.54 Å². The lowest BCUT2D eigenvalue weighted by atomic mass is 10.0. The number of benzene rings is 2. The maximum absolute atomic E-state index is 9.69. The minimum atomic E-state index is 0.284. The topological polar surface area (TPSA) is 46.2 Å². The lowest BCUT2D eigenvalue weighted by Crippen LogP contribution is -2.02. The average molecular weight is 248 g/mol. The highest BCUT2D eigenvalue weighted by Gasteiger charge is 2.06. The molecule has 0 aliphatic heterocycles. The molecule has 0 atom stereocenters. The first-order valence-electron chi connectivity index (χ1n) is 5.49. The van der Waals surface area contributed by atoms with Crippen molar-refractivity contribution in [1.29, 1.82) is 0 Å². The van der Waals surface area contributed by atoms with Crippen molar-refractivity contribution in [2.45, 2.75) is 6.42 Å². The second-order valence-electron chi connectivity index (χ2n) is 3.86. The fourth-order valence-corrected chi connectivity index (χ4v) is 2.05. The van der Waals surface area contributed by atoms with Crippen molar-refractivity contribution >= 4 is 11.6 Å². The molecule has 2 aromatic rings. The van der Waals surface area contributed by atoms with Gasteiger partial charge in [0, 0.05) is 10.6 Å². The van der Waals surface area contributed by atoms with E-state index in [0.29, 0.717) is 18.0 Å². The molecule has 0 heterocycles. The van der Waals surface area contributed by atoms with E-state index < -0.39 is 0 Å². The van der Waals surface area contributed by atoms with Gasteiger partial charge in [-0.05, 0) is 42.3 Å². The zero-order valence-electron chi connectivity index (χ0n) is 9.36. The zero-order valence-corrected chi connectivity index (χ0v) is 10.1. The summed E-state index contributed by atoms with van der Waals surface area (Å²) in [7, 11) is 0. The van der Waals surface area contributed by atoms with Crippen LogP contribution in [0, 0.1) is 0 Å². The van der Waals surface area contributed by atoms with Gasteiger partial charge >= 0.3 is 0 Å². The minimum absolute atomic E-state index is 0.284. The zero-order chi connectivity index (χ0) is 12.3. The molecule has 2 rings (SSSR count). The molecular formula is C14H14ClNO. The third-order valence-electron chi connectivity index (χ3n) is 2.68. The van der Waals surface area contributed by atoms with Gasteiger partial charge in [-0.3, -0.25) is 0 Å². The van der Waals surface area contributed by atoms with E-state index in [4.69, 9.17) is 17.3 Å². The molecular weight excluding hydrogens is 234 g/mol. The number of rotatable bonds is 3. The number of aromatic hydroxyl groups is 1. The van der Waals surface area contributed by atoms with Gasteiger partial charge in [-0.1, -0.05) is 35.9 Å². The van der Waals surface area contributed by atoms with Crippen LogP contribution in [0.1, 0.15) is 5.56 Å². The van der Waals surface area contributed by atoms with Gasteiger partial charge in [0.2, 0.25) is 0 Å². The summed E-state index contributed by atoms with van der Waals surface area (Å²) in [5.41, 5.74) is 8.32. The van der Waals surface area contributed by atoms with E-state index in [1.54, 1.807) is 6.07 Å². The van der Waals surface area contributed by atoms with E-state index in [1.807, 2.05) is 36.4 Å². The van der Waals surface area contributed by atoms with Crippen LogP contribution in [0.4, 0.5) is 0 Å². The van der Waals surface area contributed by atoms with E-state index in [1.165, 1.54) is 0 Å². The highest BCUT2D eigenvalue weighted by molar-refractivity contribution is 6.33. The van der Waals surface area contributed by atoms with Crippen LogP contribution < -0.4 is 5.73 Å². The average Bonchev–Trinajstić information content (AvgIpc) is 2.33. The number of halogens is 1. The van der Waals surface area contributed by atoms with Gasteiger partial charge in [0.1, 0.15) is 5.75 Å². The predicted octanol–water partition coefficient (Wildman–Crippen LogP) is 3.21. The Labute approximate surface area is 106 Å². The molecule has 0 aliphatic rings. The molecule has 88 valence electrons. The fourth-order valence-electron chi connectivity index (χ4n) is 1.80. The summed E-state index contributed by atoms with van der Waals surface area (Å²) >= 11 is 6.14. The SMILES string of the molecule is NCCc1cc(-c2ccccc2Cl)ccc1O. The number of hydrogen-bond donors (Lipinski definition) is 2. The van der Waals surface area contributed by atoms with E-state index in [0.717, 1.165) is 16.7 Å². The Morgan fingerprint density at radius 2 is 1.88 bits per heavy atom. The third kappa shape index (κ3) is 2.60. The van der Waals surface area contributed by atoms with Crippen LogP contribution >= 0.6 is 11.6 Å². The largest absolute Gasteiger partial charge is 0.508 e. The monoisotopic (exact) mass is 247 g/mol. The Morgan fingerprint density at radius 3 is 2.59 bits per heavy atom. The number of nitrogens with two attached hydrogens (primary N) is 1. The van der Waals surface area contributed by atoms with Gasteiger partial charge in [0.15, 0.2) is 0 Å². The molecule has 0 fully saturated rings. The lowest BCUT2D eigenvalue weighted by Gasteiger charge is -2.08. The van der Waals surface area contributed by atoms with Gasteiger partial charge in [0.05, 0.1) is 0 Å². The molecule has 3 heteroatoms. The molecule has 0 spiro atoms. The second kappa shape index (κ2) is 5.21. The van der Waals surface area contributed by atoms with Crippen molar-refractivity contribution in [3.8, 4) is 16.9 Å². The van der Waals surface area contributed by atoms with Crippen LogP contribution in [0.3, 0.4) is 0 Å². The van der Waals surface area contributed by atoms with Gasteiger partial charge in [-0.2, -0.15) is 0 Å². The molecule has 0 radical (unpaired) electrons. The molecule has 3 N–H and O–H groups in total. The summed E-state index contributed by atoms with van der Waals surface area (Å²) in [5, 5.41) is 10.4. The minimum Gasteiger partial charge on any atom is -0.508 e. The number of hydrogen-bond acceptors (Lipinski definition) is 2. The van der Waals surface area contributed by atoms with Crippen LogP contribution in [0.5, 0.6) is 5.75 Å². The van der Waals surface area contributed by atoms with Crippen molar-refractivity contribution in [3.05, 3.63) is 53.1 Å². The van der Waals surface area contributed by atoms with Gasteiger partial charge in [0.25, 0.3) is 0 Å². The van der Waals surface area contributed by atoms with Gasteiger partial charge in [-0.15, -0.1) is 0 Å². The van der Waals surface area contributed by atoms with E-state index in [2.05, 4.69) is 0 Å². The van der Waals surface area contributed by atoms with Crippen molar-refractivity contribution in [2.24, 2.45) is 5.73 Å². The molecule has 0 aromatic heterocycles. The normalized spacial score (nSPS) is 10.5. The van der Waals surface area contributed by atoms with Crippen LogP contribution in [-0.2, 0) is 6.42 Å². The summed E-state index contributed by atoms with van der Waals surface area (Å²) in [6.45, 7) is 0.513. The fraction of sp³-hybridized carbons (Fsp3) is 0.143. The number of phenols is 1. The summed E-state index contributed by atoms with van der Waals surface area (Å²) in [4.78, 5) is 0. The summed E-state index contributed by atoms with van der Waals surface area (Å²) in [5.74, 6) is 0.284. The van der Waals surface area contributed by atoms with Crippen molar-refractivity contribution in [3.63, 3.8) is 0 Å². The van der Waals surface area contributed by atoms with Crippen LogP contribution in [0.15, 0.2) is 42.5 Å². The molecule has 0 saturated carbocycles. The third-order valence-corrected chi connectivity index (χ3v) is 3.01. The Morgan fingerprint density at radius 1 is 1.12 bits per heavy atom. The maximum Gasteiger partial charge on any atom is 0.118 e. The molecule has 0 unspecified atom stereocenters. The molecule has 0 aliphatic carbocycles. The summed E-state index contributed by atoms with van der Waals surface area (Å²) in [6, 6.07) is 13.1. The Balaban J connectivity index is 2.46. The Kier molecular flexibility index (Phi) is 3.67. The number of phenolic OH excluding ortho intramolecular Hbond substituents is 1. The van der Waals surface area contributed by atoms with Crippen molar-refractivity contribution < 1.29 is 5.11 Å². The van der Waals surface area contributed by atoms with Crippen molar-refractivity contribution in [1.82, 2.24) is 0 Å². The van der Waals surface area contributed by atoms with Crippen LogP contribution in [-0.4, -0.2) is 11.7 Å². The Hall–Kier alpha value is -1.51. The lowest BCUT2D eigenvalue weighted by molar-refractivity contribution is 0.468. The quantitative estimate of drug-likeness (QED) is 0.875. The van der Waals surface area contributed by atoms with Crippen LogP contribution in [0.25, 0.3) is 11.1 Å². The summed E-state index contributed by atoms with van der Waals surface area (Å²) in [6.07, 6.45) is 0.657. The van der Waals surface area contributed by atoms with Crippen LogP contribution in [0.2, 0.25) is 5.02 Å². The molecule has 2 aromatic carbocycles. The molecule has 0 amide bonds. The highest BCUT2D eigenvalue weighted by atomic mass is 35.5. The Bertz CT molecular complexity index is 525. The van der Waals surface area contributed by atoms with E-state index >= 15 is 0 Å². The maximum atomic E-state index is 9.69. The van der Waals surface area contributed by atoms with E-state index in [-0.39, 0.29) is 5.75 Å². The standard InChI is InChI=1S/C14H14ClNO/c15-13-4-2-1-3-12(13)10-5-6-14(17)11(9-10)7-8-16/h1-6,9,17H,7-8,16H2. The second-order valence-corrected chi connectivity index (χ2v) is 4.27. The molecule has 0 bridgehead atoms. The van der Waals surface area contributed by atoms with Gasteiger partial charge in [-0.25, -0.2) is 0 Å². The molecule has 2 nitrogen and oxygen atoms in total. The predicted molar refractivity (Wildman–Crippen MR) is 71.3 cm³/mol. The first kappa shape index (κ1) is 12.0. The van der Waals surface area contributed by atoms with E-state index in [9.17, 15) is 5.11 Å². The molecule has 0 saturated heterocycles. The smallest absolute Gasteiger partial charge is 0.118 e. The molecule has 17 heavy (non-hydrogen) atoms.